The highest BCUT2D eigenvalue weighted by molar-refractivity contribution is 8.03. The van der Waals surface area contributed by atoms with Gasteiger partial charge in [-0.05, 0) is 31.7 Å². The van der Waals surface area contributed by atoms with E-state index in [2.05, 4.69) is 34.2 Å². The largest absolute Gasteiger partial charge is 0.419 e. The van der Waals surface area contributed by atoms with Gasteiger partial charge in [-0.2, -0.15) is 0 Å². The van der Waals surface area contributed by atoms with Gasteiger partial charge in [0.2, 0.25) is 11.8 Å². The molecule has 0 aliphatic rings. The Morgan fingerprint density at radius 3 is 2.57 bits per heavy atom. The Morgan fingerprint density at radius 1 is 1.09 bits per heavy atom. The van der Waals surface area contributed by atoms with Crippen molar-refractivity contribution in [2.75, 3.05) is 5.75 Å². The van der Waals surface area contributed by atoms with Gasteiger partial charge in [0, 0.05) is 5.56 Å². The maximum Gasteiger partial charge on any atom is 0.247 e. The lowest BCUT2D eigenvalue weighted by molar-refractivity contribution is 0.509. The molecule has 2 aromatic heterocycles. The van der Waals surface area contributed by atoms with Crippen LogP contribution in [0.25, 0.3) is 11.5 Å². The molecule has 5 nitrogen and oxygen atoms in total. The van der Waals surface area contributed by atoms with Crippen molar-refractivity contribution >= 4 is 34.9 Å². The predicted molar refractivity (Wildman–Crippen MR) is 95.1 cm³/mol. The quantitative estimate of drug-likeness (QED) is 0.579. The number of rotatable bonds is 6. The van der Waals surface area contributed by atoms with Gasteiger partial charge >= 0.3 is 0 Å². The van der Waals surface area contributed by atoms with Crippen LogP contribution in [-0.4, -0.2) is 26.1 Å². The minimum Gasteiger partial charge on any atom is -0.419 e. The smallest absolute Gasteiger partial charge is 0.247 e. The van der Waals surface area contributed by atoms with E-state index in [1.165, 1.54) is 5.56 Å². The van der Waals surface area contributed by atoms with Gasteiger partial charge in [0.15, 0.2) is 8.68 Å². The van der Waals surface area contributed by atoms with E-state index in [1.807, 2.05) is 31.2 Å². The van der Waals surface area contributed by atoms with E-state index < -0.39 is 0 Å². The number of hydrogen-bond donors (Lipinski definition) is 0. The van der Waals surface area contributed by atoms with Crippen LogP contribution in [0.1, 0.15) is 30.6 Å². The van der Waals surface area contributed by atoms with Crippen LogP contribution in [0.4, 0.5) is 0 Å². The molecule has 1 atom stereocenters. The molecule has 1 unspecified atom stereocenters. The van der Waals surface area contributed by atoms with Gasteiger partial charge in [-0.15, -0.1) is 20.4 Å². The fourth-order valence-electron chi connectivity index (χ4n) is 1.84. The van der Waals surface area contributed by atoms with Crippen molar-refractivity contribution in [3.63, 3.8) is 0 Å². The Balaban J connectivity index is 1.70. The van der Waals surface area contributed by atoms with Crippen molar-refractivity contribution in [1.29, 1.82) is 0 Å². The van der Waals surface area contributed by atoms with Crippen molar-refractivity contribution in [2.45, 2.75) is 34.7 Å². The highest BCUT2D eigenvalue weighted by Gasteiger charge is 2.18. The number of aryl methyl sites for hydroxylation is 1. The topological polar surface area (TPSA) is 64.7 Å². The van der Waals surface area contributed by atoms with Crippen molar-refractivity contribution in [3.8, 4) is 11.5 Å². The van der Waals surface area contributed by atoms with Crippen molar-refractivity contribution < 1.29 is 4.42 Å². The summed E-state index contributed by atoms with van der Waals surface area (Å²) in [6.07, 6.45) is 0. The van der Waals surface area contributed by atoms with Gasteiger partial charge in [0.05, 0.1) is 5.25 Å². The van der Waals surface area contributed by atoms with E-state index in [-0.39, 0.29) is 5.25 Å². The summed E-state index contributed by atoms with van der Waals surface area (Å²) in [5, 5.41) is 16.7. The summed E-state index contributed by atoms with van der Waals surface area (Å²) in [5.74, 6) is 2.15. The van der Waals surface area contributed by atoms with Crippen LogP contribution >= 0.6 is 34.9 Å². The highest BCUT2D eigenvalue weighted by atomic mass is 32.2. The summed E-state index contributed by atoms with van der Waals surface area (Å²) in [6, 6.07) is 8.05. The minimum absolute atomic E-state index is 0.0362. The molecular weight excluding hydrogens is 348 g/mol. The average Bonchev–Trinajstić information content (AvgIpc) is 3.18. The van der Waals surface area contributed by atoms with E-state index in [1.54, 1.807) is 34.9 Å². The second-order valence-electron chi connectivity index (χ2n) is 4.84. The normalized spacial score (nSPS) is 12.5. The molecule has 0 saturated heterocycles. The third kappa shape index (κ3) is 4.13. The molecule has 0 amide bonds. The van der Waals surface area contributed by atoms with E-state index in [9.17, 15) is 0 Å². The molecule has 0 spiro atoms. The lowest BCUT2D eigenvalue weighted by Gasteiger charge is -2.02. The number of aromatic nitrogens is 4. The average molecular weight is 365 g/mol. The van der Waals surface area contributed by atoms with Crippen LogP contribution in [0.3, 0.4) is 0 Å². The van der Waals surface area contributed by atoms with Crippen molar-refractivity contribution in [2.24, 2.45) is 0 Å². The number of thioether (sulfide) groups is 2. The maximum absolute atomic E-state index is 5.81. The maximum atomic E-state index is 5.81. The molecule has 120 valence electrons. The molecule has 1 aromatic carbocycles. The molecular formula is C15H16N4OS3. The zero-order valence-corrected chi connectivity index (χ0v) is 15.5. The van der Waals surface area contributed by atoms with Crippen molar-refractivity contribution in [1.82, 2.24) is 20.4 Å². The summed E-state index contributed by atoms with van der Waals surface area (Å²) in [4.78, 5) is 0. The Hall–Kier alpha value is -1.38. The molecule has 0 bridgehead atoms. The first kappa shape index (κ1) is 16.5. The van der Waals surface area contributed by atoms with Gasteiger partial charge in [0.25, 0.3) is 0 Å². The van der Waals surface area contributed by atoms with E-state index in [0.29, 0.717) is 11.8 Å². The van der Waals surface area contributed by atoms with Gasteiger partial charge < -0.3 is 4.42 Å². The van der Waals surface area contributed by atoms with Gasteiger partial charge in [-0.1, -0.05) is 59.5 Å². The minimum atomic E-state index is 0.0362. The van der Waals surface area contributed by atoms with Crippen LogP contribution in [0.5, 0.6) is 0 Å². The van der Waals surface area contributed by atoms with Crippen LogP contribution in [-0.2, 0) is 0 Å². The van der Waals surface area contributed by atoms with E-state index in [4.69, 9.17) is 4.42 Å². The van der Waals surface area contributed by atoms with Gasteiger partial charge in [-0.25, -0.2) is 0 Å². The first-order chi connectivity index (χ1) is 11.2. The Kier molecular flexibility index (Phi) is 5.34. The molecule has 0 aliphatic heterocycles. The predicted octanol–water partition coefficient (Wildman–Crippen LogP) is 4.86. The van der Waals surface area contributed by atoms with Crippen LogP contribution in [0.2, 0.25) is 0 Å². The summed E-state index contributed by atoms with van der Waals surface area (Å²) in [5.41, 5.74) is 2.14. The van der Waals surface area contributed by atoms with E-state index >= 15 is 0 Å². The Bertz CT molecular complexity index is 769. The van der Waals surface area contributed by atoms with Crippen LogP contribution < -0.4 is 0 Å². The number of nitrogens with zero attached hydrogens (tertiary/aromatic N) is 4. The molecule has 3 aromatic rings. The van der Waals surface area contributed by atoms with Crippen molar-refractivity contribution in [3.05, 3.63) is 35.7 Å². The zero-order chi connectivity index (χ0) is 16.2. The zero-order valence-electron chi connectivity index (χ0n) is 13.0. The first-order valence-electron chi connectivity index (χ1n) is 7.19. The molecule has 8 heteroatoms. The monoisotopic (exact) mass is 364 g/mol. The first-order valence-corrected chi connectivity index (χ1v) is 9.87. The third-order valence-electron chi connectivity index (χ3n) is 3.02. The molecule has 0 N–H and O–H groups in total. The third-order valence-corrected chi connectivity index (χ3v) is 6.13. The molecule has 3 rings (SSSR count). The van der Waals surface area contributed by atoms with E-state index in [0.717, 1.165) is 20.0 Å². The van der Waals surface area contributed by atoms with Gasteiger partial charge in [0.1, 0.15) is 0 Å². The standard InChI is InChI=1S/C15H16N4OS3/c1-4-21-14-18-19-15(23-14)22-10(3)12-16-17-13(20-12)11-7-5-9(2)6-8-11/h5-8,10H,4H2,1-3H3. The molecule has 0 radical (unpaired) electrons. The number of hydrogen-bond acceptors (Lipinski definition) is 8. The fraction of sp³-hybridized carbons (Fsp3) is 0.333. The second-order valence-corrected chi connectivity index (χ2v) is 8.92. The van der Waals surface area contributed by atoms with Gasteiger partial charge in [-0.3, -0.25) is 0 Å². The molecule has 23 heavy (non-hydrogen) atoms. The summed E-state index contributed by atoms with van der Waals surface area (Å²) >= 11 is 4.89. The number of benzene rings is 1. The molecule has 0 saturated carbocycles. The lowest BCUT2D eigenvalue weighted by Crippen LogP contribution is -1.88. The second kappa shape index (κ2) is 7.46. The fourth-order valence-corrected chi connectivity index (χ4v) is 4.93. The molecule has 2 heterocycles. The van der Waals surface area contributed by atoms with Crippen LogP contribution in [0, 0.1) is 6.92 Å². The van der Waals surface area contributed by atoms with Crippen LogP contribution in [0.15, 0.2) is 37.4 Å². The Labute approximate surface area is 147 Å². The highest BCUT2D eigenvalue weighted by Crippen LogP contribution is 2.38. The summed E-state index contributed by atoms with van der Waals surface area (Å²) in [7, 11) is 0. The molecule has 0 aliphatic carbocycles. The summed E-state index contributed by atoms with van der Waals surface area (Å²) in [6.45, 7) is 6.19. The Morgan fingerprint density at radius 2 is 1.83 bits per heavy atom. The summed E-state index contributed by atoms with van der Waals surface area (Å²) < 4.78 is 7.72. The molecule has 0 fully saturated rings. The SMILES string of the molecule is CCSc1nnc(SC(C)c2nnc(-c3ccc(C)cc3)o2)s1. The lowest BCUT2D eigenvalue weighted by atomic mass is 10.1.